The minimum Gasteiger partial charge on any atom is -0.326 e. The number of benzene rings is 2. The number of hydrogen-bond acceptors (Lipinski definition) is 3. The molecule has 1 aliphatic rings. The van der Waals surface area contributed by atoms with E-state index in [-0.39, 0.29) is 30.1 Å². The zero-order valence-corrected chi connectivity index (χ0v) is 16.8. The first-order valence-corrected chi connectivity index (χ1v) is 9.99. The second-order valence-electron chi connectivity index (χ2n) is 7.86. The summed E-state index contributed by atoms with van der Waals surface area (Å²) in [5, 5.41) is 8.60. The molecule has 6 heteroatoms. The van der Waals surface area contributed by atoms with E-state index in [1.54, 1.807) is 24.3 Å². The fourth-order valence-electron chi connectivity index (χ4n) is 3.39. The number of hydrogen-bond donors (Lipinski definition) is 3. The predicted octanol–water partition coefficient (Wildman–Crippen LogP) is 4.20. The Balaban J connectivity index is 1.47. The largest absolute Gasteiger partial charge is 0.326 e. The molecule has 1 heterocycles. The van der Waals surface area contributed by atoms with E-state index in [9.17, 15) is 14.4 Å². The lowest BCUT2D eigenvalue weighted by Crippen LogP contribution is -2.30. The van der Waals surface area contributed by atoms with Crippen LogP contribution in [0.5, 0.6) is 0 Å². The second-order valence-corrected chi connectivity index (χ2v) is 7.86. The molecule has 1 atom stereocenters. The minimum absolute atomic E-state index is 0.0240. The monoisotopic (exact) mass is 393 g/mol. The van der Waals surface area contributed by atoms with E-state index in [4.69, 9.17) is 0 Å². The van der Waals surface area contributed by atoms with Crippen molar-refractivity contribution in [2.75, 3.05) is 16.0 Å². The van der Waals surface area contributed by atoms with E-state index in [1.165, 1.54) is 0 Å². The molecule has 1 unspecified atom stereocenters. The highest BCUT2D eigenvalue weighted by atomic mass is 16.2. The van der Waals surface area contributed by atoms with E-state index in [2.05, 4.69) is 16.0 Å². The van der Waals surface area contributed by atoms with Crippen LogP contribution in [0.2, 0.25) is 0 Å². The molecule has 0 fully saturated rings. The van der Waals surface area contributed by atoms with Crippen molar-refractivity contribution in [1.82, 2.24) is 0 Å². The second kappa shape index (κ2) is 9.37. The van der Waals surface area contributed by atoms with Gasteiger partial charge in [-0.05, 0) is 54.7 Å². The molecule has 0 spiro atoms. The molecule has 2 aromatic carbocycles. The fourth-order valence-corrected chi connectivity index (χ4v) is 3.39. The highest BCUT2D eigenvalue weighted by Gasteiger charge is 2.26. The summed E-state index contributed by atoms with van der Waals surface area (Å²) in [5.41, 5.74) is 3.33. The van der Waals surface area contributed by atoms with Gasteiger partial charge in [-0.3, -0.25) is 14.4 Å². The summed E-state index contributed by atoms with van der Waals surface area (Å²) in [6.07, 6.45) is 1.89. The molecule has 152 valence electrons. The number of amides is 3. The van der Waals surface area contributed by atoms with Crippen molar-refractivity contribution in [3.63, 3.8) is 0 Å². The molecule has 2 aromatic rings. The third kappa shape index (κ3) is 5.91. The predicted molar refractivity (Wildman–Crippen MR) is 115 cm³/mol. The summed E-state index contributed by atoms with van der Waals surface area (Å²) in [7, 11) is 0. The van der Waals surface area contributed by atoms with Gasteiger partial charge in [0.1, 0.15) is 0 Å². The smallest absolute Gasteiger partial charge is 0.227 e. The van der Waals surface area contributed by atoms with Crippen LogP contribution in [0.25, 0.3) is 0 Å². The van der Waals surface area contributed by atoms with Gasteiger partial charge in [-0.15, -0.1) is 0 Å². The van der Waals surface area contributed by atoms with Crippen LogP contribution in [-0.4, -0.2) is 17.7 Å². The number of para-hydroxylation sites is 1. The standard InChI is InChI=1S/C23H27N3O3/c1-15(2)13-22(28)25-19-10-8-18(9-11-19)24-21(27)12-7-17-14-16-5-3-4-6-20(16)26-23(17)29/h3-6,8-11,15,17H,7,12-14H2,1-2H3,(H,24,27)(H,25,28)(H,26,29). The summed E-state index contributed by atoms with van der Waals surface area (Å²) >= 11 is 0. The summed E-state index contributed by atoms with van der Waals surface area (Å²) in [6, 6.07) is 14.8. The Kier molecular flexibility index (Phi) is 6.65. The molecule has 3 N–H and O–H groups in total. The van der Waals surface area contributed by atoms with E-state index in [1.807, 2.05) is 38.1 Å². The lowest BCUT2D eigenvalue weighted by atomic mass is 9.89. The fraction of sp³-hybridized carbons (Fsp3) is 0.348. The number of rotatable bonds is 7. The van der Waals surface area contributed by atoms with Gasteiger partial charge < -0.3 is 16.0 Å². The van der Waals surface area contributed by atoms with Crippen LogP contribution in [-0.2, 0) is 20.8 Å². The highest BCUT2D eigenvalue weighted by Crippen LogP contribution is 2.27. The Morgan fingerprint density at radius 2 is 1.62 bits per heavy atom. The minimum atomic E-state index is -0.200. The topological polar surface area (TPSA) is 87.3 Å². The molecule has 0 aliphatic carbocycles. The van der Waals surface area contributed by atoms with Crippen molar-refractivity contribution in [2.24, 2.45) is 11.8 Å². The van der Waals surface area contributed by atoms with Crippen LogP contribution < -0.4 is 16.0 Å². The maximum absolute atomic E-state index is 12.3. The Bertz CT molecular complexity index is 890. The van der Waals surface area contributed by atoms with Gasteiger partial charge in [-0.1, -0.05) is 32.0 Å². The number of nitrogens with one attached hydrogen (secondary N) is 3. The molecule has 6 nitrogen and oxygen atoms in total. The normalized spacial score (nSPS) is 15.4. The van der Waals surface area contributed by atoms with Crippen LogP contribution in [0, 0.1) is 11.8 Å². The van der Waals surface area contributed by atoms with Crippen molar-refractivity contribution in [3.05, 3.63) is 54.1 Å². The lowest BCUT2D eigenvalue weighted by Gasteiger charge is -2.24. The van der Waals surface area contributed by atoms with Gasteiger partial charge >= 0.3 is 0 Å². The maximum Gasteiger partial charge on any atom is 0.227 e. The summed E-state index contributed by atoms with van der Waals surface area (Å²) in [5.74, 6) is -0.0853. The number of fused-ring (bicyclic) bond motifs is 1. The van der Waals surface area contributed by atoms with Gasteiger partial charge in [0.25, 0.3) is 0 Å². The first kappa shape index (κ1) is 20.6. The molecule has 29 heavy (non-hydrogen) atoms. The molecule has 3 rings (SSSR count). The van der Waals surface area contributed by atoms with Crippen molar-refractivity contribution >= 4 is 34.8 Å². The molecule has 0 saturated carbocycles. The summed E-state index contributed by atoms with van der Waals surface area (Å²) in [4.78, 5) is 36.3. The maximum atomic E-state index is 12.3. The van der Waals surface area contributed by atoms with E-state index in [0.717, 1.165) is 11.3 Å². The number of carbonyl (C=O) groups excluding carboxylic acids is 3. The number of anilines is 3. The van der Waals surface area contributed by atoms with Crippen molar-refractivity contribution in [2.45, 2.75) is 39.5 Å². The average Bonchev–Trinajstić information content (AvgIpc) is 2.67. The quantitative estimate of drug-likeness (QED) is 0.659. The lowest BCUT2D eigenvalue weighted by molar-refractivity contribution is -0.121. The van der Waals surface area contributed by atoms with Gasteiger partial charge in [-0.2, -0.15) is 0 Å². The zero-order chi connectivity index (χ0) is 20.8. The molecule has 3 amide bonds. The molecule has 0 aromatic heterocycles. The van der Waals surface area contributed by atoms with Crippen LogP contribution in [0.1, 0.15) is 38.7 Å². The van der Waals surface area contributed by atoms with Gasteiger partial charge in [-0.25, -0.2) is 0 Å². The van der Waals surface area contributed by atoms with Crippen molar-refractivity contribution in [3.8, 4) is 0 Å². The first-order valence-electron chi connectivity index (χ1n) is 9.99. The number of carbonyl (C=O) groups is 3. The SMILES string of the molecule is CC(C)CC(=O)Nc1ccc(NC(=O)CCC2Cc3ccccc3NC2=O)cc1. The highest BCUT2D eigenvalue weighted by molar-refractivity contribution is 5.97. The van der Waals surface area contributed by atoms with Crippen LogP contribution >= 0.6 is 0 Å². The van der Waals surface area contributed by atoms with Gasteiger partial charge in [0, 0.05) is 35.8 Å². The third-order valence-corrected chi connectivity index (χ3v) is 4.88. The molecular formula is C23H27N3O3. The third-order valence-electron chi connectivity index (χ3n) is 4.88. The Morgan fingerprint density at radius 3 is 2.28 bits per heavy atom. The molecular weight excluding hydrogens is 366 g/mol. The molecule has 1 aliphatic heterocycles. The van der Waals surface area contributed by atoms with Gasteiger partial charge in [0.2, 0.25) is 17.7 Å². The van der Waals surface area contributed by atoms with Crippen molar-refractivity contribution in [1.29, 1.82) is 0 Å². The van der Waals surface area contributed by atoms with Gasteiger partial charge in [0.05, 0.1) is 0 Å². The van der Waals surface area contributed by atoms with Crippen molar-refractivity contribution < 1.29 is 14.4 Å². The zero-order valence-electron chi connectivity index (χ0n) is 16.8. The van der Waals surface area contributed by atoms with E-state index < -0.39 is 0 Å². The Hall–Kier alpha value is -3.15. The molecule has 0 bridgehead atoms. The van der Waals surface area contributed by atoms with Crippen LogP contribution in [0.15, 0.2) is 48.5 Å². The molecule has 0 saturated heterocycles. The Morgan fingerprint density at radius 1 is 1.00 bits per heavy atom. The first-order chi connectivity index (χ1) is 13.9. The van der Waals surface area contributed by atoms with E-state index in [0.29, 0.717) is 36.6 Å². The summed E-state index contributed by atoms with van der Waals surface area (Å²) in [6.45, 7) is 3.99. The van der Waals surface area contributed by atoms with Crippen LogP contribution in [0.4, 0.5) is 17.1 Å². The van der Waals surface area contributed by atoms with Gasteiger partial charge in [0.15, 0.2) is 0 Å². The Labute approximate surface area is 171 Å². The molecule has 0 radical (unpaired) electrons. The van der Waals surface area contributed by atoms with Crippen LogP contribution in [0.3, 0.4) is 0 Å². The average molecular weight is 393 g/mol. The van der Waals surface area contributed by atoms with E-state index >= 15 is 0 Å². The summed E-state index contributed by atoms with van der Waals surface area (Å²) < 4.78 is 0.